The first kappa shape index (κ1) is 22.2. The Balaban J connectivity index is 2.02. The van der Waals surface area contributed by atoms with Crippen LogP contribution < -0.4 is 4.72 Å². The highest BCUT2D eigenvalue weighted by Crippen LogP contribution is 2.16. The zero-order valence-electron chi connectivity index (χ0n) is 16.8. The Labute approximate surface area is 167 Å². The molecule has 1 N–H and O–H groups in total. The number of benzene rings is 1. The van der Waals surface area contributed by atoms with Gasteiger partial charge in [0.25, 0.3) is 5.91 Å². The van der Waals surface area contributed by atoms with Gasteiger partial charge in [0.05, 0.1) is 12.3 Å². The number of hydrogen-bond acceptors (Lipinski definition) is 5. The number of nitrogens with one attached hydrogen (secondary N) is 1. The van der Waals surface area contributed by atoms with E-state index >= 15 is 0 Å². The topological polar surface area (TPSA) is 90.0 Å². The number of carbonyl (C=O) groups is 2. The number of sulfonamides is 1. The summed E-state index contributed by atoms with van der Waals surface area (Å²) in [5.74, 6) is -0.0390. The fraction of sp³-hybridized carbons (Fsp3) is 0.579. The van der Waals surface area contributed by atoms with Gasteiger partial charge in [0.15, 0.2) is 0 Å². The van der Waals surface area contributed by atoms with Gasteiger partial charge in [0.2, 0.25) is 15.9 Å². The molecule has 28 heavy (non-hydrogen) atoms. The molecule has 9 heteroatoms. The van der Waals surface area contributed by atoms with Crippen molar-refractivity contribution in [2.75, 3.05) is 57.3 Å². The van der Waals surface area contributed by atoms with Gasteiger partial charge in [-0.2, -0.15) is 0 Å². The molecule has 0 radical (unpaired) electrons. The minimum Gasteiger partial charge on any atom is -0.348 e. The zero-order chi connectivity index (χ0) is 20.7. The van der Waals surface area contributed by atoms with Crippen molar-refractivity contribution >= 4 is 27.5 Å². The largest absolute Gasteiger partial charge is 0.348 e. The highest BCUT2D eigenvalue weighted by atomic mass is 32.2. The maximum absolute atomic E-state index is 12.9. The molecular formula is C19H30N4O4S. The smallest absolute Gasteiger partial charge is 0.253 e. The fourth-order valence-corrected chi connectivity index (χ4v) is 4.19. The summed E-state index contributed by atoms with van der Waals surface area (Å²) in [6.45, 7) is 4.69. The molecule has 1 heterocycles. The molecule has 1 aliphatic rings. The molecule has 1 aromatic rings. The van der Waals surface area contributed by atoms with Crippen LogP contribution >= 0.6 is 0 Å². The van der Waals surface area contributed by atoms with Crippen LogP contribution in [0.15, 0.2) is 24.3 Å². The van der Waals surface area contributed by atoms with Crippen LogP contribution in [-0.4, -0.2) is 87.5 Å². The molecule has 8 nitrogen and oxygen atoms in total. The number of hydrogen-bond donors (Lipinski definition) is 1. The van der Waals surface area contributed by atoms with Gasteiger partial charge in [-0.3, -0.25) is 19.2 Å². The van der Waals surface area contributed by atoms with Crippen molar-refractivity contribution in [2.45, 2.75) is 19.8 Å². The quantitative estimate of drug-likeness (QED) is 0.726. The minimum absolute atomic E-state index is 0.0405. The average Bonchev–Trinajstić information content (AvgIpc) is 2.86. The second kappa shape index (κ2) is 9.88. The molecule has 0 unspecified atom stereocenters. The van der Waals surface area contributed by atoms with Crippen molar-refractivity contribution in [3.05, 3.63) is 29.8 Å². The van der Waals surface area contributed by atoms with Crippen molar-refractivity contribution in [2.24, 2.45) is 0 Å². The van der Waals surface area contributed by atoms with Gasteiger partial charge >= 0.3 is 0 Å². The maximum Gasteiger partial charge on any atom is 0.253 e. The summed E-state index contributed by atoms with van der Waals surface area (Å²) < 4.78 is 26.4. The lowest BCUT2D eigenvalue weighted by Crippen LogP contribution is -2.39. The van der Waals surface area contributed by atoms with Gasteiger partial charge in [-0.15, -0.1) is 0 Å². The van der Waals surface area contributed by atoms with Crippen molar-refractivity contribution in [1.82, 2.24) is 14.7 Å². The van der Waals surface area contributed by atoms with E-state index in [2.05, 4.69) is 9.62 Å². The van der Waals surface area contributed by atoms with Gasteiger partial charge in [-0.1, -0.05) is 13.0 Å². The van der Waals surface area contributed by atoms with E-state index in [9.17, 15) is 18.0 Å². The number of anilines is 1. The van der Waals surface area contributed by atoms with Gasteiger partial charge < -0.3 is 9.80 Å². The summed E-state index contributed by atoms with van der Waals surface area (Å²) in [5, 5.41) is 0. The summed E-state index contributed by atoms with van der Waals surface area (Å²) in [6, 6.07) is 6.59. The first-order chi connectivity index (χ1) is 13.2. The van der Waals surface area contributed by atoms with Crippen LogP contribution in [0.4, 0.5) is 5.69 Å². The SMILES string of the molecule is CCCS(=O)(=O)Nc1cccc(C(=O)N2CCCN(CC(=O)N(C)C)CC2)c1. The highest BCUT2D eigenvalue weighted by Gasteiger charge is 2.22. The number of nitrogens with zero attached hydrogens (tertiary/aromatic N) is 3. The Morgan fingerprint density at radius 3 is 2.57 bits per heavy atom. The second-order valence-corrected chi connectivity index (χ2v) is 9.05. The molecule has 2 amide bonds. The Morgan fingerprint density at radius 2 is 1.89 bits per heavy atom. The number of rotatable bonds is 7. The third-order valence-corrected chi connectivity index (χ3v) is 6.08. The minimum atomic E-state index is -3.40. The zero-order valence-corrected chi connectivity index (χ0v) is 17.7. The maximum atomic E-state index is 12.9. The first-order valence-electron chi connectivity index (χ1n) is 9.54. The van der Waals surface area contributed by atoms with E-state index in [-0.39, 0.29) is 17.6 Å². The van der Waals surface area contributed by atoms with Crippen LogP contribution in [-0.2, 0) is 14.8 Å². The van der Waals surface area contributed by atoms with Crippen LogP contribution in [0.25, 0.3) is 0 Å². The summed E-state index contributed by atoms with van der Waals surface area (Å²) in [4.78, 5) is 30.2. The van der Waals surface area contributed by atoms with Gasteiger partial charge in [-0.05, 0) is 31.0 Å². The molecular weight excluding hydrogens is 380 g/mol. The van der Waals surface area contributed by atoms with Crippen molar-refractivity contribution in [3.8, 4) is 0 Å². The van der Waals surface area contributed by atoms with E-state index in [1.807, 2.05) is 0 Å². The van der Waals surface area contributed by atoms with Gasteiger partial charge in [-0.25, -0.2) is 8.42 Å². The second-order valence-electron chi connectivity index (χ2n) is 7.21. The van der Waals surface area contributed by atoms with Crippen LogP contribution in [0, 0.1) is 0 Å². The van der Waals surface area contributed by atoms with Crippen LogP contribution in [0.2, 0.25) is 0 Å². The van der Waals surface area contributed by atoms with E-state index in [1.54, 1.807) is 55.1 Å². The molecule has 0 spiro atoms. The first-order valence-corrected chi connectivity index (χ1v) is 11.2. The van der Waals surface area contributed by atoms with E-state index in [1.165, 1.54) is 0 Å². The number of likely N-dealkylation sites (N-methyl/N-ethyl adjacent to an activating group) is 1. The Bertz CT molecular complexity index is 795. The standard InChI is InChI=1S/C19H30N4O4S/c1-4-13-28(26,27)20-17-8-5-7-16(14-17)19(25)23-10-6-9-22(11-12-23)15-18(24)21(2)3/h5,7-8,14,20H,4,6,9-13,15H2,1-3H3. The average molecular weight is 411 g/mol. The predicted octanol–water partition coefficient (Wildman–Crippen LogP) is 1.07. The van der Waals surface area contributed by atoms with E-state index in [0.717, 1.165) is 13.0 Å². The summed E-state index contributed by atoms with van der Waals surface area (Å²) >= 11 is 0. The molecule has 156 valence electrons. The third-order valence-electron chi connectivity index (χ3n) is 4.59. The van der Waals surface area contributed by atoms with Crippen LogP contribution in [0.5, 0.6) is 0 Å². The Hall–Kier alpha value is -2.13. The van der Waals surface area contributed by atoms with E-state index < -0.39 is 10.0 Å². The van der Waals surface area contributed by atoms with E-state index in [4.69, 9.17) is 0 Å². The molecule has 1 fully saturated rings. The summed E-state index contributed by atoms with van der Waals surface area (Å²) in [5.41, 5.74) is 0.849. The third kappa shape index (κ3) is 6.49. The van der Waals surface area contributed by atoms with Crippen molar-refractivity contribution in [1.29, 1.82) is 0 Å². The van der Waals surface area contributed by atoms with Crippen LogP contribution in [0.1, 0.15) is 30.1 Å². The molecule has 0 bridgehead atoms. The molecule has 1 aromatic carbocycles. The molecule has 0 aromatic heterocycles. The number of amides is 2. The fourth-order valence-electron chi connectivity index (χ4n) is 3.06. The lowest BCUT2D eigenvalue weighted by Gasteiger charge is -2.23. The van der Waals surface area contributed by atoms with Gasteiger partial charge in [0.1, 0.15) is 0 Å². The highest BCUT2D eigenvalue weighted by molar-refractivity contribution is 7.92. The predicted molar refractivity (Wildman–Crippen MR) is 110 cm³/mol. The molecule has 1 saturated heterocycles. The lowest BCUT2D eigenvalue weighted by molar-refractivity contribution is -0.129. The molecule has 0 atom stereocenters. The summed E-state index contributed by atoms with van der Waals surface area (Å²) in [7, 11) is 0.0665. The molecule has 1 aliphatic heterocycles. The Kier molecular flexibility index (Phi) is 7.82. The van der Waals surface area contributed by atoms with Crippen molar-refractivity contribution < 1.29 is 18.0 Å². The monoisotopic (exact) mass is 410 g/mol. The summed E-state index contributed by atoms with van der Waals surface area (Å²) in [6.07, 6.45) is 1.31. The van der Waals surface area contributed by atoms with Gasteiger partial charge in [0, 0.05) is 51.5 Å². The normalized spacial score (nSPS) is 15.8. The lowest BCUT2D eigenvalue weighted by atomic mass is 10.1. The Morgan fingerprint density at radius 1 is 1.14 bits per heavy atom. The molecule has 2 rings (SSSR count). The molecule has 0 aliphatic carbocycles. The van der Waals surface area contributed by atoms with Crippen LogP contribution in [0.3, 0.4) is 0 Å². The number of carbonyl (C=O) groups excluding carboxylic acids is 2. The molecule has 0 saturated carbocycles. The van der Waals surface area contributed by atoms with E-state index in [0.29, 0.717) is 43.9 Å². The van der Waals surface area contributed by atoms with Crippen molar-refractivity contribution in [3.63, 3.8) is 0 Å².